The van der Waals surface area contributed by atoms with Gasteiger partial charge in [0.15, 0.2) is 0 Å². The number of nitrogens with zero attached hydrogens (tertiary/aromatic N) is 2. The van der Waals surface area contributed by atoms with Crippen molar-refractivity contribution in [2.45, 2.75) is 25.8 Å². The number of hydrogen-bond donors (Lipinski definition) is 2. The summed E-state index contributed by atoms with van der Waals surface area (Å²) in [6.07, 6.45) is 8.03. The Hall–Kier alpha value is -0.920. The van der Waals surface area contributed by atoms with Crippen LogP contribution in [0.5, 0.6) is 0 Å². The predicted molar refractivity (Wildman–Crippen MR) is 74.2 cm³/mol. The van der Waals surface area contributed by atoms with E-state index in [0.29, 0.717) is 12.5 Å². The van der Waals surface area contributed by atoms with E-state index < -0.39 is 10.0 Å². The Balaban J connectivity index is 1.65. The van der Waals surface area contributed by atoms with Crippen molar-refractivity contribution < 1.29 is 8.42 Å². The number of aromatic nitrogens is 2. The first kappa shape index (κ1) is 14.5. The first-order chi connectivity index (χ1) is 9.16. The Kier molecular flexibility index (Phi) is 5.35. The lowest BCUT2D eigenvalue weighted by atomic mass is 10.0. The lowest BCUT2D eigenvalue weighted by Crippen LogP contribution is -2.36. The number of aryl methyl sites for hydroxylation is 1. The standard InChI is InChI=1S/C12H22N4O2S/c17-19(18,10-12-2-5-13-6-3-12)15-4-1-8-16-9-7-14-11-16/h7,9,11-13,15H,1-6,8,10H2. The van der Waals surface area contributed by atoms with Crippen LogP contribution in [0.2, 0.25) is 0 Å². The molecular formula is C12H22N4O2S. The van der Waals surface area contributed by atoms with E-state index in [0.717, 1.165) is 38.9 Å². The molecule has 108 valence electrons. The maximum Gasteiger partial charge on any atom is 0.211 e. The third kappa shape index (κ3) is 5.30. The zero-order valence-corrected chi connectivity index (χ0v) is 11.9. The van der Waals surface area contributed by atoms with Crippen LogP contribution in [0.25, 0.3) is 0 Å². The largest absolute Gasteiger partial charge is 0.337 e. The smallest absolute Gasteiger partial charge is 0.211 e. The molecule has 1 saturated heterocycles. The molecular weight excluding hydrogens is 264 g/mol. The molecule has 0 spiro atoms. The van der Waals surface area contributed by atoms with E-state index >= 15 is 0 Å². The molecule has 1 aromatic rings. The Labute approximate surface area is 114 Å². The molecule has 0 unspecified atom stereocenters. The van der Waals surface area contributed by atoms with E-state index in [1.807, 2.05) is 10.8 Å². The summed E-state index contributed by atoms with van der Waals surface area (Å²) in [6, 6.07) is 0. The van der Waals surface area contributed by atoms with Gasteiger partial charge in [-0.05, 0) is 38.3 Å². The molecule has 0 bridgehead atoms. The fraction of sp³-hybridized carbons (Fsp3) is 0.750. The van der Waals surface area contributed by atoms with Crippen molar-refractivity contribution in [3.8, 4) is 0 Å². The van der Waals surface area contributed by atoms with Crippen LogP contribution in [0.1, 0.15) is 19.3 Å². The highest BCUT2D eigenvalue weighted by Crippen LogP contribution is 2.13. The highest BCUT2D eigenvalue weighted by Gasteiger charge is 2.20. The molecule has 2 N–H and O–H groups in total. The highest BCUT2D eigenvalue weighted by molar-refractivity contribution is 7.89. The van der Waals surface area contributed by atoms with Gasteiger partial charge < -0.3 is 9.88 Å². The van der Waals surface area contributed by atoms with Gasteiger partial charge in [0.1, 0.15) is 0 Å². The quantitative estimate of drug-likeness (QED) is 0.702. The summed E-state index contributed by atoms with van der Waals surface area (Å²) in [5.74, 6) is 0.562. The average molecular weight is 286 g/mol. The minimum atomic E-state index is -3.12. The summed E-state index contributed by atoms with van der Waals surface area (Å²) in [5.41, 5.74) is 0. The highest BCUT2D eigenvalue weighted by atomic mass is 32.2. The Morgan fingerprint density at radius 2 is 2.16 bits per heavy atom. The molecule has 0 atom stereocenters. The van der Waals surface area contributed by atoms with Gasteiger partial charge in [-0.15, -0.1) is 0 Å². The Morgan fingerprint density at radius 1 is 1.37 bits per heavy atom. The van der Waals surface area contributed by atoms with Crippen molar-refractivity contribution in [3.63, 3.8) is 0 Å². The van der Waals surface area contributed by atoms with E-state index in [-0.39, 0.29) is 5.75 Å². The third-order valence-corrected chi connectivity index (χ3v) is 4.94. The van der Waals surface area contributed by atoms with Crippen molar-refractivity contribution in [3.05, 3.63) is 18.7 Å². The summed E-state index contributed by atoms with van der Waals surface area (Å²) in [7, 11) is -3.12. The molecule has 0 amide bonds. The van der Waals surface area contributed by atoms with E-state index in [2.05, 4.69) is 15.0 Å². The molecule has 1 aliphatic heterocycles. The third-order valence-electron chi connectivity index (χ3n) is 3.39. The van der Waals surface area contributed by atoms with Gasteiger partial charge in [-0.1, -0.05) is 0 Å². The van der Waals surface area contributed by atoms with Crippen molar-refractivity contribution >= 4 is 10.0 Å². The number of imidazole rings is 1. The van der Waals surface area contributed by atoms with Gasteiger partial charge in [0, 0.05) is 25.5 Å². The molecule has 19 heavy (non-hydrogen) atoms. The predicted octanol–water partition coefficient (Wildman–Crippen LogP) is 0.192. The van der Waals surface area contributed by atoms with Gasteiger partial charge >= 0.3 is 0 Å². The second-order valence-corrected chi connectivity index (χ2v) is 6.87. The Bertz CT molecular complexity index is 452. The number of piperidine rings is 1. The number of hydrogen-bond acceptors (Lipinski definition) is 4. The van der Waals surface area contributed by atoms with Gasteiger partial charge in [-0.25, -0.2) is 18.1 Å². The molecule has 7 heteroatoms. The van der Waals surface area contributed by atoms with E-state index in [4.69, 9.17) is 0 Å². The van der Waals surface area contributed by atoms with Crippen LogP contribution >= 0.6 is 0 Å². The summed E-state index contributed by atoms with van der Waals surface area (Å²) >= 11 is 0. The normalized spacial score (nSPS) is 17.7. The maximum absolute atomic E-state index is 11.9. The lowest BCUT2D eigenvalue weighted by molar-refractivity contribution is 0.400. The fourth-order valence-electron chi connectivity index (χ4n) is 2.33. The van der Waals surface area contributed by atoms with Crippen LogP contribution < -0.4 is 10.0 Å². The van der Waals surface area contributed by atoms with Crippen LogP contribution in [0.4, 0.5) is 0 Å². The second kappa shape index (κ2) is 7.02. The van der Waals surface area contributed by atoms with E-state index in [9.17, 15) is 8.42 Å². The van der Waals surface area contributed by atoms with Gasteiger partial charge in [0.05, 0.1) is 12.1 Å². The molecule has 1 aliphatic rings. The van der Waals surface area contributed by atoms with Crippen LogP contribution in [-0.4, -0.2) is 43.4 Å². The zero-order valence-electron chi connectivity index (χ0n) is 11.1. The molecule has 6 nitrogen and oxygen atoms in total. The molecule has 2 rings (SSSR count). The fourth-order valence-corrected chi connectivity index (χ4v) is 3.85. The van der Waals surface area contributed by atoms with E-state index in [1.54, 1.807) is 12.5 Å². The van der Waals surface area contributed by atoms with Crippen LogP contribution in [0, 0.1) is 5.92 Å². The van der Waals surface area contributed by atoms with E-state index in [1.165, 1.54) is 0 Å². The van der Waals surface area contributed by atoms with Crippen LogP contribution in [0.15, 0.2) is 18.7 Å². The van der Waals surface area contributed by atoms with Crippen molar-refractivity contribution in [2.24, 2.45) is 5.92 Å². The molecule has 0 radical (unpaired) electrons. The summed E-state index contributed by atoms with van der Waals surface area (Å²) in [4.78, 5) is 3.95. The first-order valence-electron chi connectivity index (χ1n) is 6.79. The lowest BCUT2D eigenvalue weighted by Gasteiger charge is -2.22. The topological polar surface area (TPSA) is 76.0 Å². The SMILES string of the molecule is O=S(=O)(CC1CCNCC1)NCCCn1ccnc1. The zero-order chi connectivity index (χ0) is 13.6. The minimum Gasteiger partial charge on any atom is -0.337 e. The second-order valence-electron chi connectivity index (χ2n) is 5.02. The molecule has 0 saturated carbocycles. The number of rotatable bonds is 7. The molecule has 1 aromatic heterocycles. The van der Waals surface area contributed by atoms with Crippen molar-refractivity contribution in [2.75, 3.05) is 25.4 Å². The van der Waals surface area contributed by atoms with Gasteiger partial charge in [0.2, 0.25) is 10.0 Å². The minimum absolute atomic E-state index is 0.264. The van der Waals surface area contributed by atoms with Gasteiger partial charge in [-0.2, -0.15) is 0 Å². The van der Waals surface area contributed by atoms with Crippen molar-refractivity contribution in [1.82, 2.24) is 19.6 Å². The van der Waals surface area contributed by atoms with Gasteiger partial charge in [-0.3, -0.25) is 0 Å². The Morgan fingerprint density at radius 3 is 2.84 bits per heavy atom. The molecule has 0 aliphatic carbocycles. The molecule has 1 fully saturated rings. The van der Waals surface area contributed by atoms with Crippen LogP contribution in [0.3, 0.4) is 0 Å². The summed E-state index contributed by atoms with van der Waals surface area (Å²) in [6.45, 7) is 3.14. The van der Waals surface area contributed by atoms with Crippen molar-refractivity contribution in [1.29, 1.82) is 0 Å². The molecule has 0 aromatic carbocycles. The molecule has 2 heterocycles. The number of sulfonamides is 1. The summed E-state index contributed by atoms with van der Waals surface area (Å²) in [5, 5.41) is 3.24. The van der Waals surface area contributed by atoms with Crippen LogP contribution in [-0.2, 0) is 16.6 Å². The summed E-state index contributed by atoms with van der Waals surface area (Å²) < 4.78 is 28.5. The number of nitrogens with one attached hydrogen (secondary N) is 2. The van der Waals surface area contributed by atoms with Gasteiger partial charge in [0.25, 0.3) is 0 Å². The average Bonchev–Trinajstić information content (AvgIpc) is 2.88. The monoisotopic (exact) mass is 286 g/mol. The maximum atomic E-state index is 11.9. The first-order valence-corrected chi connectivity index (χ1v) is 8.45.